The van der Waals surface area contributed by atoms with Crippen LogP contribution >= 0.6 is 0 Å². The van der Waals surface area contributed by atoms with Gasteiger partial charge in [-0.1, -0.05) is 133 Å². The van der Waals surface area contributed by atoms with Crippen molar-refractivity contribution in [3.05, 3.63) is 225 Å². The predicted octanol–water partition coefficient (Wildman–Crippen LogP) is 14.4. The lowest BCUT2D eigenvalue weighted by Crippen LogP contribution is -2.00. The van der Waals surface area contributed by atoms with Crippen molar-refractivity contribution in [1.82, 2.24) is 24.1 Å². The van der Waals surface area contributed by atoms with E-state index in [0.29, 0.717) is 0 Å². The minimum atomic E-state index is 0.853. The molecule has 290 valence electrons. The van der Waals surface area contributed by atoms with Gasteiger partial charge in [0.05, 0.1) is 44.8 Å². The third-order valence-electron chi connectivity index (χ3n) is 12.0. The van der Waals surface area contributed by atoms with Crippen molar-refractivity contribution in [1.29, 1.82) is 0 Å². The second-order valence-corrected chi connectivity index (χ2v) is 15.7. The third kappa shape index (κ3) is 6.06. The number of pyridine rings is 3. The molecule has 7 aromatic carbocycles. The fourth-order valence-electron chi connectivity index (χ4n) is 9.13. The van der Waals surface area contributed by atoms with Crippen LogP contribution in [0, 0.1) is 0 Å². The lowest BCUT2D eigenvalue weighted by molar-refractivity contribution is 1.13. The number of hydrogen-bond donors (Lipinski definition) is 0. The summed E-state index contributed by atoms with van der Waals surface area (Å²) in [4.78, 5) is 15.0. The van der Waals surface area contributed by atoms with E-state index >= 15 is 0 Å². The Morgan fingerprint density at radius 2 is 0.581 bits per heavy atom. The number of rotatable bonds is 7. The Kier molecular flexibility index (Phi) is 8.42. The molecule has 0 unspecified atom stereocenters. The molecule has 0 bridgehead atoms. The summed E-state index contributed by atoms with van der Waals surface area (Å²) in [5.74, 6) is 0. The van der Waals surface area contributed by atoms with Crippen LogP contribution in [0.5, 0.6) is 0 Å². The van der Waals surface area contributed by atoms with Gasteiger partial charge in [-0.2, -0.15) is 0 Å². The zero-order valence-corrected chi connectivity index (χ0v) is 33.6. The number of para-hydroxylation sites is 4. The van der Waals surface area contributed by atoms with Crippen molar-refractivity contribution in [2.45, 2.75) is 0 Å². The van der Waals surface area contributed by atoms with Gasteiger partial charge in [-0.25, -0.2) is 9.97 Å². The Morgan fingerprint density at radius 1 is 0.258 bits per heavy atom. The number of aromatic nitrogens is 5. The second kappa shape index (κ2) is 14.7. The molecule has 12 aromatic rings. The van der Waals surface area contributed by atoms with E-state index in [1.807, 2.05) is 36.7 Å². The maximum Gasteiger partial charge on any atom is 0.0717 e. The minimum absolute atomic E-state index is 0.853. The maximum absolute atomic E-state index is 5.41. The molecule has 5 nitrogen and oxygen atoms in total. The zero-order valence-electron chi connectivity index (χ0n) is 33.6. The summed E-state index contributed by atoms with van der Waals surface area (Å²) < 4.78 is 4.83. The van der Waals surface area contributed by atoms with Crippen LogP contribution < -0.4 is 0 Å². The first kappa shape index (κ1) is 35.5. The van der Waals surface area contributed by atoms with Gasteiger partial charge in [-0.15, -0.1) is 0 Å². The second-order valence-electron chi connectivity index (χ2n) is 15.7. The summed E-state index contributed by atoms with van der Waals surface area (Å²) in [6.07, 6.45) is 3.67. The van der Waals surface area contributed by atoms with Crippen molar-refractivity contribution >= 4 is 43.6 Å². The molecule has 0 amide bonds. The Labute approximate surface area is 358 Å². The fraction of sp³-hybridized carbons (Fsp3) is 0. The van der Waals surface area contributed by atoms with Gasteiger partial charge >= 0.3 is 0 Å². The molecule has 0 aliphatic carbocycles. The van der Waals surface area contributed by atoms with E-state index in [1.54, 1.807) is 0 Å². The molecule has 0 spiro atoms. The average molecular weight is 792 g/mol. The molecule has 0 aliphatic heterocycles. The molecule has 5 heteroatoms. The largest absolute Gasteiger partial charge is 0.309 e. The van der Waals surface area contributed by atoms with Crippen molar-refractivity contribution < 1.29 is 0 Å². The smallest absolute Gasteiger partial charge is 0.0717 e. The molecule has 0 radical (unpaired) electrons. The van der Waals surface area contributed by atoms with Gasteiger partial charge in [0.1, 0.15) is 0 Å². The lowest BCUT2D eigenvalue weighted by atomic mass is 9.97. The van der Waals surface area contributed by atoms with Crippen LogP contribution in [-0.2, 0) is 0 Å². The van der Waals surface area contributed by atoms with Gasteiger partial charge in [-0.3, -0.25) is 4.98 Å². The molecule has 0 N–H and O–H groups in total. The standard InChI is InChI=1S/C57H37N5/c1-3-15-38(16-4-1)51-35-43(36-52(59-51)39-17-5-2-6-18-39)53-34-42(33-50(60-53)40-27-29-58-30-28-40)41-31-44(61-54-23-11-7-19-46(54)47-20-8-12-24-55(47)61)37-45(32-41)62-56-25-13-9-21-48(56)49-22-10-14-26-57(49)62/h1-37H. The van der Waals surface area contributed by atoms with Crippen molar-refractivity contribution in [2.24, 2.45) is 0 Å². The third-order valence-corrected chi connectivity index (χ3v) is 12.0. The predicted molar refractivity (Wildman–Crippen MR) is 256 cm³/mol. The van der Waals surface area contributed by atoms with Crippen LogP contribution in [0.25, 0.3) is 111 Å². The van der Waals surface area contributed by atoms with Crippen LogP contribution in [0.2, 0.25) is 0 Å². The van der Waals surface area contributed by atoms with E-state index in [1.165, 1.54) is 21.5 Å². The van der Waals surface area contributed by atoms with Crippen LogP contribution in [0.3, 0.4) is 0 Å². The highest BCUT2D eigenvalue weighted by Crippen LogP contribution is 2.40. The van der Waals surface area contributed by atoms with E-state index in [4.69, 9.17) is 9.97 Å². The Morgan fingerprint density at radius 3 is 1.00 bits per heavy atom. The first-order valence-electron chi connectivity index (χ1n) is 20.9. The van der Waals surface area contributed by atoms with Crippen LogP contribution in [-0.4, -0.2) is 24.1 Å². The summed E-state index contributed by atoms with van der Waals surface area (Å²) in [5.41, 5.74) is 16.5. The molecular formula is C57H37N5. The highest BCUT2D eigenvalue weighted by molar-refractivity contribution is 6.10. The topological polar surface area (TPSA) is 48.5 Å². The Balaban J connectivity index is 1.15. The SMILES string of the molecule is c1ccc(-c2cc(-c3cc(-c4cc(-n5c6ccccc6c6ccccc65)cc(-n5c6ccccc6c6ccccc65)c4)cc(-c4ccncc4)n3)cc(-c3ccccc3)n2)cc1. The number of benzene rings is 7. The molecule has 0 fully saturated rings. The van der Waals surface area contributed by atoms with E-state index in [9.17, 15) is 0 Å². The van der Waals surface area contributed by atoms with Gasteiger partial charge in [0.25, 0.3) is 0 Å². The average Bonchev–Trinajstić information content (AvgIpc) is 3.88. The normalized spacial score (nSPS) is 11.5. The quantitative estimate of drug-likeness (QED) is 0.162. The Bertz CT molecular complexity index is 3330. The van der Waals surface area contributed by atoms with Crippen molar-refractivity contribution in [3.8, 4) is 67.5 Å². The van der Waals surface area contributed by atoms with Gasteiger partial charge < -0.3 is 9.13 Å². The molecule has 0 atom stereocenters. The van der Waals surface area contributed by atoms with Crippen LogP contribution in [0.1, 0.15) is 0 Å². The maximum atomic E-state index is 5.41. The van der Waals surface area contributed by atoms with Gasteiger partial charge in [0.2, 0.25) is 0 Å². The number of nitrogens with zero attached hydrogens (tertiary/aromatic N) is 5. The van der Waals surface area contributed by atoms with Crippen LogP contribution in [0.4, 0.5) is 0 Å². The van der Waals surface area contributed by atoms with Crippen molar-refractivity contribution in [3.63, 3.8) is 0 Å². The summed E-state index contributed by atoms with van der Waals surface area (Å²) in [6, 6.07) is 75.5. The summed E-state index contributed by atoms with van der Waals surface area (Å²) >= 11 is 0. The highest BCUT2D eigenvalue weighted by atomic mass is 15.0. The molecule has 62 heavy (non-hydrogen) atoms. The van der Waals surface area contributed by atoms with E-state index < -0.39 is 0 Å². The summed E-state index contributed by atoms with van der Waals surface area (Å²) in [6.45, 7) is 0. The summed E-state index contributed by atoms with van der Waals surface area (Å²) in [5, 5.41) is 4.89. The van der Waals surface area contributed by atoms with E-state index in [0.717, 1.165) is 89.6 Å². The number of fused-ring (bicyclic) bond motifs is 6. The van der Waals surface area contributed by atoms with Gasteiger partial charge in [0.15, 0.2) is 0 Å². The molecule has 0 aliphatic rings. The van der Waals surface area contributed by atoms with Gasteiger partial charge in [0, 0.05) is 67.6 Å². The zero-order chi connectivity index (χ0) is 41.0. The molecule has 12 rings (SSSR count). The van der Waals surface area contributed by atoms with Crippen molar-refractivity contribution in [2.75, 3.05) is 0 Å². The lowest BCUT2D eigenvalue weighted by Gasteiger charge is -2.17. The summed E-state index contributed by atoms with van der Waals surface area (Å²) in [7, 11) is 0. The fourth-order valence-corrected chi connectivity index (χ4v) is 9.13. The number of hydrogen-bond acceptors (Lipinski definition) is 3. The first-order valence-corrected chi connectivity index (χ1v) is 20.9. The first-order chi connectivity index (χ1) is 30.7. The monoisotopic (exact) mass is 791 g/mol. The highest BCUT2D eigenvalue weighted by Gasteiger charge is 2.19. The molecule has 0 saturated carbocycles. The molecule has 5 aromatic heterocycles. The Hall–Kier alpha value is -8.41. The molecule has 0 saturated heterocycles. The van der Waals surface area contributed by atoms with E-state index in [2.05, 4.69) is 202 Å². The van der Waals surface area contributed by atoms with Crippen LogP contribution in [0.15, 0.2) is 225 Å². The van der Waals surface area contributed by atoms with E-state index in [-0.39, 0.29) is 0 Å². The molecular weight excluding hydrogens is 755 g/mol. The molecule has 5 heterocycles. The van der Waals surface area contributed by atoms with Gasteiger partial charge in [-0.05, 0) is 90.0 Å². The minimum Gasteiger partial charge on any atom is -0.309 e.